The van der Waals surface area contributed by atoms with Crippen molar-refractivity contribution in [2.24, 2.45) is 0 Å². The molecular weight excluding hydrogens is 290 g/mol. The van der Waals surface area contributed by atoms with Crippen LogP contribution in [0.2, 0.25) is 0 Å². The zero-order valence-electron chi connectivity index (χ0n) is 12.0. The van der Waals surface area contributed by atoms with Crippen LogP contribution in [0.4, 0.5) is 5.82 Å². The Kier molecular flexibility index (Phi) is 4.66. The molecular formula is C13H15N5O4. The lowest BCUT2D eigenvalue weighted by Crippen LogP contribution is -2.17. The molecule has 0 amide bonds. The SMILES string of the molecule is C=C(C)C(=O)OCCOC(=O)Cn1cnc2c(N)ncnc21. The molecule has 0 aliphatic heterocycles. The minimum Gasteiger partial charge on any atom is -0.461 e. The molecule has 0 saturated carbocycles. The van der Waals surface area contributed by atoms with Crippen LogP contribution < -0.4 is 5.73 Å². The normalized spacial score (nSPS) is 10.4. The fourth-order valence-corrected chi connectivity index (χ4v) is 1.61. The molecule has 0 unspecified atom stereocenters. The Morgan fingerprint density at radius 2 is 2.00 bits per heavy atom. The molecule has 116 valence electrons. The lowest BCUT2D eigenvalue weighted by molar-refractivity contribution is -0.150. The first-order valence-electron chi connectivity index (χ1n) is 6.38. The van der Waals surface area contributed by atoms with Crippen molar-refractivity contribution < 1.29 is 19.1 Å². The topological polar surface area (TPSA) is 122 Å². The molecule has 0 aliphatic rings. The van der Waals surface area contributed by atoms with Crippen LogP contribution in [-0.4, -0.2) is 44.7 Å². The van der Waals surface area contributed by atoms with E-state index in [2.05, 4.69) is 21.5 Å². The molecule has 2 heterocycles. The van der Waals surface area contributed by atoms with E-state index in [1.807, 2.05) is 0 Å². The van der Waals surface area contributed by atoms with E-state index < -0.39 is 11.9 Å². The van der Waals surface area contributed by atoms with Crippen LogP contribution in [0.3, 0.4) is 0 Å². The summed E-state index contributed by atoms with van der Waals surface area (Å²) in [6, 6.07) is 0. The highest BCUT2D eigenvalue weighted by molar-refractivity contribution is 5.87. The Balaban J connectivity index is 1.85. The Morgan fingerprint density at radius 3 is 2.73 bits per heavy atom. The van der Waals surface area contributed by atoms with Gasteiger partial charge in [0.25, 0.3) is 0 Å². The van der Waals surface area contributed by atoms with Crippen LogP contribution in [0.15, 0.2) is 24.8 Å². The van der Waals surface area contributed by atoms with Crippen molar-refractivity contribution in [1.29, 1.82) is 0 Å². The average molecular weight is 305 g/mol. The van der Waals surface area contributed by atoms with Gasteiger partial charge in [-0.05, 0) is 6.92 Å². The predicted molar refractivity (Wildman–Crippen MR) is 76.5 cm³/mol. The number of aromatic nitrogens is 4. The van der Waals surface area contributed by atoms with E-state index in [0.717, 1.165) is 0 Å². The van der Waals surface area contributed by atoms with E-state index >= 15 is 0 Å². The third kappa shape index (κ3) is 3.57. The zero-order valence-corrected chi connectivity index (χ0v) is 12.0. The molecule has 2 aromatic rings. The molecule has 0 atom stereocenters. The van der Waals surface area contributed by atoms with Crippen molar-refractivity contribution >= 4 is 28.9 Å². The summed E-state index contributed by atoms with van der Waals surface area (Å²) in [5, 5.41) is 0. The molecule has 0 fully saturated rings. The van der Waals surface area contributed by atoms with Crippen molar-refractivity contribution in [2.45, 2.75) is 13.5 Å². The smallest absolute Gasteiger partial charge is 0.333 e. The Hall–Kier alpha value is -2.97. The molecule has 22 heavy (non-hydrogen) atoms. The highest BCUT2D eigenvalue weighted by atomic mass is 16.6. The monoisotopic (exact) mass is 305 g/mol. The number of nitrogen functional groups attached to an aromatic ring is 1. The molecule has 0 aromatic carbocycles. The summed E-state index contributed by atoms with van der Waals surface area (Å²) in [4.78, 5) is 34.7. The molecule has 0 saturated heterocycles. The van der Waals surface area contributed by atoms with Crippen LogP contribution in [-0.2, 0) is 25.6 Å². The molecule has 9 heteroatoms. The fourth-order valence-electron chi connectivity index (χ4n) is 1.61. The van der Waals surface area contributed by atoms with Gasteiger partial charge in [0.2, 0.25) is 0 Å². The van der Waals surface area contributed by atoms with Gasteiger partial charge in [0.1, 0.15) is 31.6 Å². The first-order chi connectivity index (χ1) is 10.5. The van der Waals surface area contributed by atoms with E-state index in [4.69, 9.17) is 15.2 Å². The van der Waals surface area contributed by atoms with E-state index in [-0.39, 0.29) is 31.1 Å². The van der Waals surface area contributed by atoms with E-state index in [0.29, 0.717) is 11.2 Å². The van der Waals surface area contributed by atoms with Gasteiger partial charge in [-0.3, -0.25) is 4.79 Å². The van der Waals surface area contributed by atoms with Crippen LogP contribution >= 0.6 is 0 Å². The van der Waals surface area contributed by atoms with Crippen molar-refractivity contribution in [3.05, 3.63) is 24.8 Å². The summed E-state index contributed by atoms with van der Waals surface area (Å²) in [5.41, 5.74) is 6.80. The summed E-state index contributed by atoms with van der Waals surface area (Å²) < 4.78 is 11.3. The number of anilines is 1. The summed E-state index contributed by atoms with van der Waals surface area (Å²) in [6.07, 6.45) is 2.72. The van der Waals surface area contributed by atoms with Gasteiger partial charge in [0.05, 0.1) is 6.33 Å². The van der Waals surface area contributed by atoms with Crippen LogP contribution in [0.5, 0.6) is 0 Å². The quantitative estimate of drug-likeness (QED) is 0.452. The average Bonchev–Trinajstić information content (AvgIpc) is 2.88. The highest BCUT2D eigenvalue weighted by Crippen LogP contribution is 2.13. The maximum Gasteiger partial charge on any atom is 0.333 e. The number of nitrogens with zero attached hydrogens (tertiary/aromatic N) is 4. The van der Waals surface area contributed by atoms with Crippen molar-refractivity contribution in [3.8, 4) is 0 Å². The van der Waals surface area contributed by atoms with Gasteiger partial charge in [-0.2, -0.15) is 0 Å². The van der Waals surface area contributed by atoms with Gasteiger partial charge >= 0.3 is 11.9 Å². The minimum absolute atomic E-state index is 0.0305. The van der Waals surface area contributed by atoms with Gasteiger partial charge < -0.3 is 19.8 Å². The first kappa shape index (κ1) is 15.4. The maximum atomic E-state index is 11.7. The van der Waals surface area contributed by atoms with E-state index in [9.17, 15) is 9.59 Å². The molecule has 2 aromatic heterocycles. The van der Waals surface area contributed by atoms with Gasteiger partial charge in [-0.25, -0.2) is 19.7 Å². The number of fused-ring (bicyclic) bond motifs is 1. The van der Waals surface area contributed by atoms with Crippen molar-refractivity contribution in [2.75, 3.05) is 18.9 Å². The number of carbonyl (C=O) groups is 2. The van der Waals surface area contributed by atoms with E-state index in [1.165, 1.54) is 24.1 Å². The van der Waals surface area contributed by atoms with Gasteiger partial charge in [-0.1, -0.05) is 6.58 Å². The van der Waals surface area contributed by atoms with Crippen LogP contribution in [0.1, 0.15) is 6.92 Å². The van der Waals surface area contributed by atoms with Gasteiger partial charge in [0.15, 0.2) is 11.5 Å². The van der Waals surface area contributed by atoms with E-state index in [1.54, 1.807) is 0 Å². The van der Waals surface area contributed by atoms with Crippen LogP contribution in [0, 0.1) is 0 Å². The number of imidazole rings is 1. The molecule has 0 spiro atoms. The fraction of sp³-hybridized carbons (Fsp3) is 0.308. The summed E-state index contributed by atoms with van der Waals surface area (Å²) in [7, 11) is 0. The Bertz CT molecular complexity index is 724. The summed E-state index contributed by atoms with van der Waals surface area (Å²) in [5.74, 6) is -0.796. The molecule has 0 bridgehead atoms. The predicted octanol–water partition coefficient (Wildman–Crippen LogP) is 0.0710. The lowest BCUT2D eigenvalue weighted by atomic mass is 10.4. The second-order valence-electron chi connectivity index (χ2n) is 4.44. The maximum absolute atomic E-state index is 11.7. The third-order valence-corrected chi connectivity index (χ3v) is 2.66. The first-order valence-corrected chi connectivity index (χ1v) is 6.38. The Morgan fingerprint density at radius 1 is 1.27 bits per heavy atom. The summed E-state index contributed by atoms with van der Waals surface area (Å²) >= 11 is 0. The standard InChI is InChI=1S/C13H15N5O4/c1-8(2)13(20)22-4-3-21-9(19)5-18-7-17-10-11(14)15-6-16-12(10)18/h6-7H,1,3-5H2,2H3,(H2,14,15,16). The number of hydrogen-bond acceptors (Lipinski definition) is 8. The second-order valence-corrected chi connectivity index (χ2v) is 4.44. The highest BCUT2D eigenvalue weighted by Gasteiger charge is 2.12. The zero-order chi connectivity index (χ0) is 16.1. The van der Waals surface area contributed by atoms with Gasteiger partial charge in [-0.15, -0.1) is 0 Å². The van der Waals surface area contributed by atoms with Crippen molar-refractivity contribution in [1.82, 2.24) is 19.5 Å². The number of ether oxygens (including phenoxy) is 2. The van der Waals surface area contributed by atoms with Crippen molar-refractivity contribution in [3.63, 3.8) is 0 Å². The minimum atomic E-state index is -0.524. The number of carbonyl (C=O) groups excluding carboxylic acids is 2. The lowest BCUT2D eigenvalue weighted by Gasteiger charge is -2.07. The number of rotatable bonds is 6. The molecule has 0 radical (unpaired) electrons. The second kappa shape index (κ2) is 6.66. The van der Waals surface area contributed by atoms with Crippen LogP contribution in [0.25, 0.3) is 11.2 Å². The molecule has 2 rings (SSSR count). The molecule has 0 aliphatic carbocycles. The molecule has 9 nitrogen and oxygen atoms in total. The third-order valence-electron chi connectivity index (χ3n) is 2.66. The largest absolute Gasteiger partial charge is 0.461 e. The Labute approximate surface area is 125 Å². The van der Waals surface area contributed by atoms with Gasteiger partial charge in [0, 0.05) is 5.57 Å². The summed E-state index contributed by atoms with van der Waals surface area (Å²) in [6.45, 7) is 4.82. The number of nitrogens with two attached hydrogens (primary N) is 1. The number of esters is 2. The number of hydrogen-bond donors (Lipinski definition) is 1. The molecule has 2 N–H and O–H groups in total.